The Morgan fingerprint density at radius 3 is 2.31 bits per heavy atom. The second-order valence-electron chi connectivity index (χ2n) is 6.77. The number of nitro benzene ring substituents is 1. The van der Waals surface area contributed by atoms with Crippen LogP contribution in [-0.4, -0.2) is 55.6 Å². The van der Waals surface area contributed by atoms with Crippen molar-refractivity contribution in [2.45, 2.75) is 13.5 Å². The van der Waals surface area contributed by atoms with E-state index in [2.05, 4.69) is 34.2 Å². The molecule has 0 spiro atoms. The number of nitrogens with one attached hydrogen (secondary N) is 1. The Bertz CT molecular complexity index is 828. The largest absolute Gasteiger partial charge is 0.497 e. The molecule has 0 aromatic heterocycles. The van der Waals surface area contributed by atoms with Gasteiger partial charge in [-0.05, 0) is 36.8 Å². The number of aliphatic imine (C=N–C) groups is 1. The third-order valence-electron chi connectivity index (χ3n) is 4.91. The number of rotatable bonds is 6. The number of hydrogen-bond acceptors (Lipinski definition) is 5. The first-order chi connectivity index (χ1) is 14.1. The molecule has 1 saturated heterocycles. The van der Waals surface area contributed by atoms with Crippen molar-refractivity contribution in [2.75, 3.05) is 44.7 Å². The zero-order valence-electron chi connectivity index (χ0n) is 16.9. The molecule has 0 atom stereocenters. The zero-order valence-corrected chi connectivity index (χ0v) is 16.9. The third kappa shape index (κ3) is 5.37. The Labute approximate surface area is 170 Å². The second kappa shape index (κ2) is 9.77. The van der Waals surface area contributed by atoms with E-state index in [-0.39, 0.29) is 10.6 Å². The number of non-ortho nitro benzene ring substituents is 1. The van der Waals surface area contributed by atoms with Crippen molar-refractivity contribution in [3.05, 3.63) is 64.2 Å². The number of piperazine rings is 1. The lowest BCUT2D eigenvalue weighted by Gasteiger charge is -2.37. The van der Waals surface area contributed by atoms with Crippen LogP contribution < -0.4 is 15.0 Å². The minimum absolute atomic E-state index is 0.0966. The fraction of sp³-hybridized carbons (Fsp3) is 0.381. The quantitative estimate of drug-likeness (QED) is 0.349. The number of guanidine groups is 1. The average molecular weight is 397 g/mol. The van der Waals surface area contributed by atoms with E-state index in [4.69, 9.17) is 9.73 Å². The topological polar surface area (TPSA) is 83.2 Å². The van der Waals surface area contributed by atoms with E-state index < -0.39 is 0 Å². The lowest BCUT2D eigenvalue weighted by Crippen LogP contribution is -2.52. The molecule has 0 bridgehead atoms. The number of methoxy groups -OCH3 is 1. The number of anilines is 1. The van der Waals surface area contributed by atoms with Gasteiger partial charge >= 0.3 is 0 Å². The van der Waals surface area contributed by atoms with E-state index in [1.54, 1.807) is 19.2 Å². The first kappa shape index (κ1) is 20.4. The first-order valence-corrected chi connectivity index (χ1v) is 9.76. The number of ether oxygens (including phenoxy) is 1. The van der Waals surface area contributed by atoms with Gasteiger partial charge in [0.1, 0.15) is 5.75 Å². The first-order valence-electron chi connectivity index (χ1n) is 9.76. The van der Waals surface area contributed by atoms with Gasteiger partial charge in [0.15, 0.2) is 5.96 Å². The van der Waals surface area contributed by atoms with Crippen LogP contribution in [-0.2, 0) is 6.54 Å². The predicted molar refractivity (Wildman–Crippen MR) is 115 cm³/mol. The standard InChI is InChI=1S/C21H27N5O3/c1-3-22-21(23-16-17-4-6-19(7-5-17)26(27)28)25-14-12-24(13-15-25)18-8-10-20(29-2)11-9-18/h4-11H,3,12-16H2,1-2H3,(H,22,23). The summed E-state index contributed by atoms with van der Waals surface area (Å²) in [7, 11) is 1.67. The van der Waals surface area contributed by atoms with Gasteiger partial charge in [-0.15, -0.1) is 0 Å². The summed E-state index contributed by atoms with van der Waals surface area (Å²) < 4.78 is 5.23. The third-order valence-corrected chi connectivity index (χ3v) is 4.91. The smallest absolute Gasteiger partial charge is 0.269 e. The van der Waals surface area contributed by atoms with E-state index in [9.17, 15) is 10.1 Å². The summed E-state index contributed by atoms with van der Waals surface area (Å²) >= 11 is 0. The molecule has 2 aromatic carbocycles. The summed E-state index contributed by atoms with van der Waals surface area (Å²) in [5, 5.41) is 14.1. The molecule has 0 radical (unpaired) electrons. The van der Waals surface area contributed by atoms with Crippen LogP contribution in [0.5, 0.6) is 5.75 Å². The summed E-state index contributed by atoms with van der Waals surface area (Å²) in [5.74, 6) is 1.74. The maximum Gasteiger partial charge on any atom is 0.269 e. The molecule has 1 heterocycles. The fourth-order valence-electron chi connectivity index (χ4n) is 3.28. The highest BCUT2D eigenvalue weighted by atomic mass is 16.6. The van der Waals surface area contributed by atoms with E-state index in [1.807, 2.05) is 12.1 Å². The van der Waals surface area contributed by atoms with Crippen molar-refractivity contribution in [3.8, 4) is 5.75 Å². The molecule has 29 heavy (non-hydrogen) atoms. The highest BCUT2D eigenvalue weighted by Crippen LogP contribution is 2.20. The number of hydrogen-bond donors (Lipinski definition) is 1. The monoisotopic (exact) mass is 397 g/mol. The average Bonchev–Trinajstić information content (AvgIpc) is 2.77. The Balaban J connectivity index is 1.60. The van der Waals surface area contributed by atoms with Crippen LogP contribution in [0.2, 0.25) is 0 Å². The summed E-state index contributed by atoms with van der Waals surface area (Å²) in [6.45, 7) is 6.89. The lowest BCUT2D eigenvalue weighted by molar-refractivity contribution is -0.384. The molecule has 2 aromatic rings. The highest BCUT2D eigenvalue weighted by molar-refractivity contribution is 5.80. The molecule has 8 nitrogen and oxygen atoms in total. The molecule has 1 N–H and O–H groups in total. The molecule has 3 rings (SSSR count). The van der Waals surface area contributed by atoms with Gasteiger partial charge in [-0.2, -0.15) is 0 Å². The molecule has 0 unspecified atom stereocenters. The normalized spacial score (nSPS) is 14.6. The van der Waals surface area contributed by atoms with Gasteiger partial charge in [-0.3, -0.25) is 10.1 Å². The molecular formula is C21H27N5O3. The fourth-order valence-corrected chi connectivity index (χ4v) is 3.28. The SMILES string of the molecule is CCNC(=NCc1ccc([N+](=O)[O-])cc1)N1CCN(c2ccc(OC)cc2)CC1. The number of nitro groups is 1. The van der Waals surface area contributed by atoms with Crippen molar-refractivity contribution in [3.63, 3.8) is 0 Å². The van der Waals surface area contributed by atoms with Gasteiger partial charge in [0.2, 0.25) is 0 Å². The Hall–Kier alpha value is -3.29. The van der Waals surface area contributed by atoms with Crippen LogP contribution in [0.25, 0.3) is 0 Å². The van der Waals surface area contributed by atoms with Crippen LogP contribution >= 0.6 is 0 Å². The highest BCUT2D eigenvalue weighted by Gasteiger charge is 2.20. The summed E-state index contributed by atoms with van der Waals surface area (Å²) in [6.07, 6.45) is 0. The van der Waals surface area contributed by atoms with Crippen molar-refractivity contribution in [1.82, 2.24) is 10.2 Å². The van der Waals surface area contributed by atoms with Crippen molar-refractivity contribution in [2.24, 2.45) is 4.99 Å². The minimum atomic E-state index is -0.389. The van der Waals surface area contributed by atoms with Crippen LogP contribution in [0.4, 0.5) is 11.4 Å². The summed E-state index contributed by atoms with van der Waals surface area (Å²) in [4.78, 5) is 19.7. The summed E-state index contributed by atoms with van der Waals surface area (Å²) in [5.41, 5.74) is 2.24. The Morgan fingerprint density at radius 1 is 1.10 bits per heavy atom. The molecule has 0 amide bonds. The Kier molecular flexibility index (Phi) is 6.89. The zero-order chi connectivity index (χ0) is 20.6. The molecule has 8 heteroatoms. The van der Waals surface area contributed by atoms with E-state index >= 15 is 0 Å². The lowest BCUT2D eigenvalue weighted by atomic mass is 10.2. The summed E-state index contributed by atoms with van der Waals surface area (Å²) in [6, 6.07) is 14.7. The molecule has 1 fully saturated rings. The van der Waals surface area contributed by atoms with Gasteiger partial charge in [-0.1, -0.05) is 12.1 Å². The van der Waals surface area contributed by atoms with Crippen LogP contribution in [0.1, 0.15) is 12.5 Å². The molecule has 1 aliphatic heterocycles. The number of nitrogens with zero attached hydrogens (tertiary/aromatic N) is 4. The van der Waals surface area contributed by atoms with Crippen molar-refractivity contribution >= 4 is 17.3 Å². The molecule has 0 aliphatic carbocycles. The molecule has 1 aliphatic rings. The van der Waals surface area contributed by atoms with E-state index in [0.29, 0.717) is 6.54 Å². The van der Waals surface area contributed by atoms with Crippen molar-refractivity contribution < 1.29 is 9.66 Å². The van der Waals surface area contributed by atoms with Gasteiger partial charge in [0.25, 0.3) is 5.69 Å². The maximum atomic E-state index is 10.8. The minimum Gasteiger partial charge on any atom is -0.497 e. The molecular weight excluding hydrogens is 370 g/mol. The Morgan fingerprint density at radius 2 is 1.76 bits per heavy atom. The molecule has 154 valence electrons. The predicted octanol–water partition coefficient (Wildman–Crippen LogP) is 2.89. The number of benzene rings is 2. The van der Waals surface area contributed by atoms with E-state index in [0.717, 1.165) is 50.0 Å². The van der Waals surface area contributed by atoms with Gasteiger partial charge in [0.05, 0.1) is 18.6 Å². The maximum absolute atomic E-state index is 10.8. The second-order valence-corrected chi connectivity index (χ2v) is 6.77. The van der Waals surface area contributed by atoms with Gasteiger partial charge in [0, 0.05) is 50.5 Å². The van der Waals surface area contributed by atoms with Gasteiger partial charge < -0.3 is 19.9 Å². The van der Waals surface area contributed by atoms with Crippen LogP contribution in [0, 0.1) is 10.1 Å². The van der Waals surface area contributed by atoms with Crippen molar-refractivity contribution in [1.29, 1.82) is 0 Å². The van der Waals surface area contributed by atoms with E-state index in [1.165, 1.54) is 17.8 Å². The van der Waals surface area contributed by atoms with Gasteiger partial charge in [-0.25, -0.2) is 4.99 Å². The van der Waals surface area contributed by atoms with Crippen LogP contribution in [0.3, 0.4) is 0 Å². The molecule has 0 saturated carbocycles. The van der Waals surface area contributed by atoms with Crippen LogP contribution in [0.15, 0.2) is 53.5 Å².